The summed E-state index contributed by atoms with van der Waals surface area (Å²) in [6.45, 7) is 1.09. The van der Waals surface area contributed by atoms with Gasteiger partial charge in [0, 0.05) is 30.9 Å². The zero-order valence-electron chi connectivity index (χ0n) is 13.7. The molecule has 2 aromatic rings. The van der Waals surface area contributed by atoms with Gasteiger partial charge in [0.1, 0.15) is 0 Å². The molecule has 2 N–H and O–H groups in total. The fraction of sp³-hybridized carbons (Fsp3) is 0.200. The maximum atomic E-state index is 12.9. The number of hydrogen-bond donors (Lipinski definition) is 1. The fourth-order valence-corrected chi connectivity index (χ4v) is 4.02. The minimum Gasteiger partial charge on any atom is -0.398 e. The van der Waals surface area contributed by atoms with Gasteiger partial charge < -0.3 is 5.73 Å². The molecule has 10 nitrogen and oxygen atoms in total. The molecule has 0 amide bonds. The Bertz CT molecular complexity index is 960. The van der Waals surface area contributed by atoms with Crippen LogP contribution in [-0.4, -0.2) is 29.1 Å². The first-order valence-electron chi connectivity index (χ1n) is 7.45. The second-order valence-electron chi connectivity index (χ2n) is 5.26. The summed E-state index contributed by atoms with van der Waals surface area (Å²) in [5.41, 5.74) is 5.00. The van der Waals surface area contributed by atoms with E-state index in [1.54, 1.807) is 0 Å². The van der Waals surface area contributed by atoms with Gasteiger partial charge in [-0.3, -0.25) is 20.2 Å². The molecule has 0 aliphatic heterocycles. The van der Waals surface area contributed by atoms with Crippen molar-refractivity contribution < 1.29 is 18.3 Å². The molecule has 0 saturated heterocycles. The van der Waals surface area contributed by atoms with Gasteiger partial charge in [-0.15, -0.1) is 0 Å². The van der Waals surface area contributed by atoms with Crippen molar-refractivity contribution >= 4 is 27.1 Å². The van der Waals surface area contributed by atoms with Gasteiger partial charge in [-0.1, -0.05) is 25.1 Å². The molecule has 2 aromatic carbocycles. The number of nitrogens with two attached hydrogens (primary N) is 1. The van der Waals surface area contributed by atoms with E-state index < -0.39 is 30.5 Å². The third-order valence-corrected chi connectivity index (χ3v) is 5.72. The minimum absolute atomic E-state index is 0.0292. The van der Waals surface area contributed by atoms with Crippen LogP contribution in [0.5, 0.6) is 0 Å². The molecular formula is C15H16N4O6S. The van der Waals surface area contributed by atoms with Gasteiger partial charge in [-0.05, 0) is 12.1 Å². The van der Waals surface area contributed by atoms with Gasteiger partial charge in [0.05, 0.1) is 15.4 Å². The SMILES string of the molecule is CCN(Cc1c(N)cccc1[N+](=O)[O-])S(=O)(=O)c1ccccc1[N+](=O)[O-]. The predicted octanol–water partition coefficient (Wildman–Crippen LogP) is 2.30. The van der Waals surface area contributed by atoms with Gasteiger partial charge in [0.15, 0.2) is 4.90 Å². The molecular weight excluding hydrogens is 364 g/mol. The first-order valence-corrected chi connectivity index (χ1v) is 8.89. The Kier molecular flexibility index (Phi) is 5.53. The van der Waals surface area contributed by atoms with Crippen LogP contribution in [0, 0.1) is 20.2 Å². The van der Waals surface area contributed by atoms with Crippen molar-refractivity contribution in [1.29, 1.82) is 0 Å². The number of anilines is 1. The Morgan fingerprint density at radius 3 is 2.15 bits per heavy atom. The molecule has 26 heavy (non-hydrogen) atoms. The van der Waals surface area contributed by atoms with Gasteiger partial charge in [0.2, 0.25) is 10.0 Å². The Hall–Kier alpha value is -3.05. The maximum Gasteiger partial charge on any atom is 0.289 e. The molecule has 0 heterocycles. The number of nitrogens with zero attached hydrogens (tertiary/aromatic N) is 3. The lowest BCUT2D eigenvalue weighted by atomic mass is 10.1. The summed E-state index contributed by atoms with van der Waals surface area (Å²) in [5, 5.41) is 22.3. The van der Waals surface area contributed by atoms with Crippen molar-refractivity contribution in [2.75, 3.05) is 12.3 Å². The molecule has 0 unspecified atom stereocenters. The summed E-state index contributed by atoms with van der Waals surface area (Å²) < 4.78 is 26.7. The summed E-state index contributed by atoms with van der Waals surface area (Å²) in [6.07, 6.45) is 0. The lowest BCUT2D eigenvalue weighted by Gasteiger charge is -2.21. The lowest BCUT2D eigenvalue weighted by Crippen LogP contribution is -2.31. The van der Waals surface area contributed by atoms with E-state index in [4.69, 9.17) is 5.73 Å². The Morgan fingerprint density at radius 1 is 1.00 bits per heavy atom. The van der Waals surface area contributed by atoms with Crippen LogP contribution in [0.3, 0.4) is 0 Å². The molecule has 0 radical (unpaired) electrons. The molecule has 0 saturated carbocycles. The lowest BCUT2D eigenvalue weighted by molar-refractivity contribution is -0.387. The van der Waals surface area contributed by atoms with Crippen LogP contribution in [0.1, 0.15) is 12.5 Å². The number of rotatable bonds is 7. The number of nitrogen functional groups attached to an aromatic ring is 1. The summed E-state index contributed by atoms with van der Waals surface area (Å²) in [4.78, 5) is 20.4. The number of sulfonamides is 1. The van der Waals surface area contributed by atoms with Crippen LogP contribution < -0.4 is 5.73 Å². The highest BCUT2D eigenvalue weighted by atomic mass is 32.2. The minimum atomic E-state index is -4.27. The molecule has 0 fully saturated rings. The Labute approximate surface area is 149 Å². The number of benzene rings is 2. The molecule has 11 heteroatoms. The van der Waals surface area contributed by atoms with Crippen LogP contribution >= 0.6 is 0 Å². The van der Waals surface area contributed by atoms with Crippen LogP contribution in [0.25, 0.3) is 0 Å². The number of para-hydroxylation sites is 1. The van der Waals surface area contributed by atoms with Crippen LogP contribution in [0.15, 0.2) is 47.4 Å². The van der Waals surface area contributed by atoms with Crippen LogP contribution in [0.2, 0.25) is 0 Å². The van der Waals surface area contributed by atoms with Gasteiger partial charge >= 0.3 is 0 Å². The normalized spacial score (nSPS) is 11.5. The Balaban J connectivity index is 2.54. The van der Waals surface area contributed by atoms with Crippen molar-refractivity contribution in [3.63, 3.8) is 0 Å². The van der Waals surface area contributed by atoms with Crippen molar-refractivity contribution in [1.82, 2.24) is 4.31 Å². The summed E-state index contributed by atoms with van der Waals surface area (Å²) >= 11 is 0. The first-order chi connectivity index (χ1) is 12.2. The molecule has 0 atom stereocenters. The van der Waals surface area contributed by atoms with Crippen LogP contribution in [-0.2, 0) is 16.6 Å². The van der Waals surface area contributed by atoms with E-state index in [2.05, 4.69) is 0 Å². The maximum absolute atomic E-state index is 12.9. The predicted molar refractivity (Wildman–Crippen MR) is 93.9 cm³/mol. The average Bonchev–Trinajstić information content (AvgIpc) is 2.60. The van der Waals surface area contributed by atoms with E-state index in [0.717, 1.165) is 16.4 Å². The Morgan fingerprint density at radius 2 is 1.58 bits per heavy atom. The number of nitro groups is 2. The third-order valence-electron chi connectivity index (χ3n) is 3.75. The highest BCUT2D eigenvalue weighted by Crippen LogP contribution is 2.30. The molecule has 0 bridgehead atoms. The quantitative estimate of drug-likeness (QED) is 0.440. The summed E-state index contributed by atoms with van der Waals surface area (Å²) in [5.74, 6) is 0. The van der Waals surface area contributed by atoms with Crippen molar-refractivity contribution in [2.45, 2.75) is 18.4 Å². The molecule has 0 aromatic heterocycles. The van der Waals surface area contributed by atoms with E-state index in [-0.39, 0.29) is 30.0 Å². The standard InChI is InChI=1S/C15H16N4O6S/c1-2-17(10-11-12(16)6-5-8-13(11)18(20)21)26(24,25)15-9-4-3-7-14(15)19(22)23/h3-9H,2,10,16H2,1H3. The highest BCUT2D eigenvalue weighted by Gasteiger charge is 2.32. The average molecular weight is 380 g/mol. The fourth-order valence-electron chi connectivity index (χ4n) is 2.44. The summed E-state index contributed by atoms with van der Waals surface area (Å²) in [7, 11) is -4.27. The largest absolute Gasteiger partial charge is 0.398 e. The molecule has 2 rings (SSSR count). The van der Waals surface area contributed by atoms with E-state index in [0.29, 0.717) is 0 Å². The summed E-state index contributed by atoms with van der Waals surface area (Å²) in [6, 6.07) is 8.97. The molecule has 0 aliphatic carbocycles. The van der Waals surface area contributed by atoms with Crippen molar-refractivity contribution in [3.8, 4) is 0 Å². The van der Waals surface area contributed by atoms with E-state index in [1.807, 2.05) is 0 Å². The third kappa shape index (κ3) is 3.63. The number of nitro benzene ring substituents is 2. The highest BCUT2D eigenvalue weighted by molar-refractivity contribution is 7.89. The van der Waals surface area contributed by atoms with E-state index >= 15 is 0 Å². The van der Waals surface area contributed by atoms with E-state index in [9.17, 15) is 28.6 Å². The zero-order chi connectivity index (χ0) is 19.5. The second-order valence-corrected chi connectivity index (χ2v) is 7.16. The van der Waals surface area contributed by atoms with Crippen molar-refractivity contribution in [2.24, 2.45) is 0 Å². The second kappa shape index (κ2) is 7.45. The monoisotopic (exact) mass is 380 g/mol. The van der Waals surface area contributed by atoms with Crippen LogP contribution in [0.4, 0.5) is 17.1 Å². The first kappa shape index (κ1) is 19.3. The smallest absolute Gasteiger partial charge is 0.289 e. The molecule has 0 aliphatic rings. The molecule has 138 valence electrons. The van der Waals surface area contributed by atoms with E-state index in [1.165, 1.54) is 37.3 Å². The zero-order valence-corrected chi connectivity index (χ0v) is 14.5. The molecule has 0 spiro atoms. The topological polar surface area (TPSA) is 150 Å². The van der Waals surface area contributed by atoms with Crippen molar-refractivity contribution in [3.05, 3.63) is 68.3 Å². The van der Waals surface area contributed by atoms with Gasteiger partial charge in [-0.25, -0.2) is 8.42 Å². The van der Waals surface area contributed by atoms with Gasteiger partial charge in [-0.2, -0.15) is 4.31 Å². The van der Waals surface area contributed by atoms with Gasteiger partial charge in [0.25, 0.3) is 11.4 Å². The number of hydrogen-bond acceptors (Lipinski definition) is 7.